The Balaban J connectivity index is 1.44. The van der Waals surface area contributed by atoms with Gasteiger partial charge in [-0.25, -0.2) is 9.97 Å². The molecule has 2 atom stereocenters. The number of nitrogens with zero attached hydrogens (tertiary/aromatic N) is 4. The zero-order valence-electron chi connectivity index (χ0n) is 20.6. The average molecular weight is 497 g/mol. The van der Waals surface area contributed by atoms with Crippen molar-refractivity contribution in [2.24, 2.45) is 5.92 Å². The summed E-state index contributed by atoms with van der Waals surface area (Å²) in [5.41, 5.74) is 2.97. The second-order valence-electron chi connectivity index (χ2n) is 11.0. The molecule has 2 aliphatic carbocycles. The molecule has 2 bridgehead atoms. The summed E-state index contributed by atoms with van der Waals surface area (Å²) in [6.45, 7) is 0.776. The average Bonchev–Trinajstić information content (AvgIpc) is 3.36. The van der Waals surface area contributed by atoms with Crippen molar-refractivity contribution in [3.8, 4) is 5.75 Å². The number of aliphatic hydroxyl groups is 1. The summed E-state index contributed by atoms with van der Waals surface area (Å²) in [6, 6.07) is 4.50. The van der Waals surface area contributed by atoms with E-state index in [0.717, 1.165) is 42.6 Å². The molecule has 7 nitrogen and oxygen atoms in total. The van der Waals surface area contributed by atoms with E-state index in [0.29, 0.717) is 29.2 Å². The van der Waals surface area contributed by atoms with Crippen LogP contribution in [0.5, 0.6) is 5.75 Å². The quantitative estimate of drug-likeness (QED) is 0.548. The molecule has 9 heteroatoms. The van der Waals surface area contributed by atoms with E-state index in [1.54, 1.807) is 24.1 Å². The second-order valence-corrected chi connectivity index (χ2v) is 11.0. The van der Waals surface area contributed by atoms with Gasteiger partial charge in [-0.3, -0.25) is 9.20 Å². The molecule has 2 aromatic heterocycles. The maximum atomic E-state index is 13.3. The number of benzene rings is 1. The largest absolute Gasteiger partial charge is 0.434 e. The van der Waals surface area contributed by atoms with E-state index in [9.17, 15) is 18.7 Å². The Hall–Kier alpha value is -3.07. The van der Waals surface area contributed by atoms with Gasteiger partial charge >= 0.3 is 6.61 Å². The number of imidazole rings is 1. The minimum Gasteiger partial charge on any atom is -0.434 e. The lowest BCUT2D eigenvalue weighted by Crippen LogP contribution is -2.33. The molecule has 6 rings (SSSR count). The van der Waals surface area contributed by atoms with E-state index in [2.05, 4.69) is 11.2 Å². The van der Waals surface area contributed by atoms with Gasteiger partial charge in [-0.15, -0.1) is 0 Å². The van der Waals surface area contributed by atoms with Crippen molar-refractivity contribution in [3.05, 3.63) is 58.7 Å². The fourth-order valence-corrected chi connectivity index (χ4v) is 6.58. The van der Waals surface area contributed by atoms with Crippen molar-refractivity contribution in [3.63, 3.8) is 0 Å². The smallest absolute Gasteiger partial charge is 0.387 e. The van der Waals surface area contributed by atoms with Gasteiger partial charge in [0.2, 0.25) is 5.78 Å². The molecule has 1 amide bonds. The lowest BCUT2D eigenvalue weighted by atomic mass is 9.73. The molecule has 1 fully saturated rings. The van der Waals surface area contributed by atoms with Crippen LogP contribution >= 0.6 is 0 Å². The number of hydrogen-bond donors (Lipinski definition) is 1. The van der Waals surface area contributed by atoms with Crippen LogP contribution in [-0.4, -0.2) is 49.5 Å². The van der Waals surface area contributed by atoms with Gasteiger partial charge in [0, 0.05) is 36.5 Å². The van der Waals surface area contributed by atoms with Crippen molar-refractivity contribution >= 4 is 11.7 Å². The fraction of sp³-hybridized carbons (Fsp3) is 0.519. The lowest BCUT2D eigenvalue weighted by Gasteiger charge is -2.35. The fourth-order valence-electron chi connectivity index (χ4n) is 6.58. The maximum Gasteiger partial charge on any atom is 0.387 e. The van der Waals surface area contributed by atoms with Crippen LogP contribution < -0.4 is 4.74 Å². The Labute approximate surface area is 208 Å². The number of hydrogen-bond acceptors (Lipinski definition) is 5. The van der Waals surface area contributed by atoms with Crippen molar-refractivity contribution < 1.29 is 23.4 Å². The van der Waals surface area contributed by atoms with E-state index >= 15 is 0 Å². The number of amides is 1. The summed E-state index contributed by atoms with van der Waals surface area (Å²) in [6.07, 6.45) is 8.36. The van der Waals surface area contributed by atoms with Crippen molar-refractivity contribution in [2.45, 2.75) is 76.0 Å². The van der Waals surface area contributed by atoms with Gasteiger partial charge in [0.15, 0.2) is 0 Å². The normalized spacial score (nSPS) is 25.8. The van der Waals surface area contributed by atoms with Crippen LogP contribution in [0.1, 0.15) is 96.7 Å². The summed E-state index contributed by atoms with van der Waals surface area (Å²) in [5.74, 6) is 0.644. The summed E-state index contributed by atoms with van der Waals surface area (Å²) in [5, 5.41) is 10.4. The Kier molecular flexibility index (Phi) is 5.33. The first-order valence-corrected chi connectivity index (χ1v) is 12.6. The Bertz CT molecular complexity index is 1340. The first-order chi connectivity index (χ1) is 17.1. The van der Waals surface area contributed by atoms with Crippen molar-refractivity contribution in [2.75, 3.05) is 7.05 Å². The molecule has 3 heterocycles. The monoisotopic (exact) mass is 496 g/mol. The van der Waals surface area contributed by atoms with Gasteiger partial charge in [0.25, 0.3) is 5.91 Å². The predicted molar refractivity (Wildman–Crippen MR) is 128 cm³/mol. The van der Waals surface area contributed by atoms with Gasteiger partial charge in [0.1, 0.15) is 5.75 Å². The zero-order valence-corrected chi connectivity index (χ0v) is 20.6. The van der Waals surface area contributed by atoms with Crippen LogP contribution in [0.15, 0.2) is 30.6 Å². The number of rotatable bonds is 4. The molecule has 1 saturated carbocycles. The van der Waals surface area contributed by atoms with Crippen molar-refractivity contribution in [1.82, 2.24) is 19.3 Å². The number of carbonyl (C=O) groups excluding carboxylic acids is 1. The Morgan fingerprint density at radius 3 is 2.64 bits per heavy atom. The van der Waals surface area contributed by atoms with Gasteiger partial charge in [-0.1, -0.05) is 6.07 Å². The highest BCUT2D eigenvalue weighted by molar-refractivity contribution is 5.98. The maximum absolute atomic E-state index is 13.3. The molecule has 0 radical (unpaired) electrons. The summed E-state index contributed by atoms with van der Waals surface area (Å²) in [4.78, 5) is 24.4. The highest BCUT2D eigenvalue weighted by Gasteiger charge is 2.46. The van der Waals surface area contributed by atoms with Crippen LogP contribution in [0.25, 0.3) is 5.78 Å². The molecule has 2 unspecified atom stereocenters. The van der Waals surface area contributed by atoms with Crippen molar-refractivity contribution in [1.29, 1.82) is 0 Å². The highest BCUT2D eigenvalue weighted by atomic mass is 19.3. The van der Waals surface area contributed by atoms with Gasteiger partial charge in [-0.05, 0) is 75.5 Å². The van der Waals surface area contributed by atoms with Crippen LogP contribution in [0.4, 0.5) is 8.78 Å². The van der Waals surface area contributed by atoms with E-state index in [-0.39, 0.29) is 29.5 Å². The summed E-state index contributed by atoms with van der Waals surface area (Å²) >= 11 is 0. The lowest BCUT2D eigenvalue weighted by molar-refractivity contribution is -0.0506. The number of fused-ring (bicyclic) bond motifs is 9. The van der Waals surface area contributed by atoms with Crippen LogP contribution in [0.3, 0.4) is 0 Å². The molecule has 36 heavy (non-hydrogen) atoms. The van der Waals surface area contributed by atoms with E-state index in [1.807, 2.05) is 24.4 Å². The topological polar surface area (TPSA) is 80.0 Å². The number of halogens is 2. The molecule has 1 N–H and O–H groups in total. The van der Waals surface area contributed by atoms with Crippen LogP contribution in [0.2, 0.25) is 0 Å². The number of carbonyl (C=O) groups is 1. The number of alkyl halides is 2. The number of aromatic nitrogens is 3. The third-order valence-corrected chi connectivity index (χ3v) is 8.52. The standard InChI is InChI=1S/C27H30F2N4O3/c1-27(2,35)16-9-7-14(8-10-16)15-12-30-26-31-22-19-11-18(23(22)33(26)13-15)21-17(24(34)32(19)3)5-4-6-20(21)36-25(28)29/h4-6,12-14,16,18-19,25,35H,7-11H2,1-3H3. The molecular weight excluding hydrogens is 466 g/mol. The first kappa shape index (κ1) is 23.3. The molecule has 3 aliphatic rings. The highest BCUT2D eigenvalue weighted by Crippen LogP contribution is 2.52. The van der Waals surface area contributed by atoms with Crippen LogP contribution in [0, 0.1) is 5.92 Å². The minimum absolute atomic E-state index is 0.0340. The van der Waals surface area contributed by atoms with Crippen LogP contribution in [-0.2, 0) is 0 Å². The predicted octanol–water partition coefficient (Wildman–Crippen LogP) is 5.04. The van der Waals surface area contributed by atoms with E-state index < -0.39 is 12.2 Å². The summed E-state index contributed by atoms with van der Waals surface area (Å²) in [7, 11) is 1.73. The minimum atomic E-state index is -2.99. The van der Waals surface area contributed by atoms with Gasteiger partial charge < -0.3 is 14.7 Å². The third-order valence-electron chi connectivity index (χ3n) is 8.52. The SMILES string of the molecule is CN1C(=O)c2cccc(OC(F)F)c2C2CC1c1nc3ncc(C4CCC(C(C)(C)O)CC4)cn3c12. The third kappa shape index (κ3) is 3.58. The Morgan fingerprint density at radius 1 is 1.19 bits per heavy atom. The Morgan fingerprint density at radius 2 is 1.94 bits per heavy atom. The van der Waals surface area contributed by atoms with E-state index in [4.69, 9.17) is 9.72 Å². The molecule has 0 spiro atoms. The first-order valence-electron chi connectivity index (χ1n) is 12.6. The summed E-state index contributed by atoms with van der Waals surface area (Å²) < 4.78 is 33.5. The van der Waals surface area contributed by atoms with Gasteiger partial charge in [0.05, 0.1) is 23.0 Å². The van der Waals surface area contributed by atoms with E-state index in [1.165, 1.54) is 6.07 Å². The molecule has 1 aromatic carbocycles. The molecule has 0 saturated heterocycles. The van der Waals surface area contributed by atoms with Gasteiger partial charge in [-0.2, -0.15) is 8.78 Å². The molecular formula is C27H30F2N4O3. The zero-order chi connectivity index (χ0) is 25.4. The molecule has 1 aliphatic heterocycles. The second kappa shape index (κ2) is 8.23. The number of ether oxygens (including phenoxy) is 1. The molecule has 190 valence electrons. The molecule has 3 aromatic rings.